The summed E-state index contributed by atoms with van der Waals surface area (Å²) in [6.45, 7) is 6.22. The van der Waals surface area contributed by atoms with Gasteiger partial charge in [0, 0.05) is 37.8 Å². The van der Waals surface area contributed by atoms with Crippen LogP contribution in [0.4, 0.5) is 0 Å². The van der Waals surface area contributed by atoms with Gasteiger partial charge in [-0.3, -0.25) is 28.8 Å². The molecule has 12 nitrogen and oxygen atoms in total. The van der Waals surface area contributed by atoms with Crippen LogP contribution < -0.4 is 26.8 Å². The molecule has 0 saturated heterocycles. The maximum absolute atomic E-state index is 13.7. The summed E-state index contributed by atoms with van der Waals surface area (Å²) in [6, 6.07) is 16.2. The number of amides is 5. The summed E-state index contributed by atoms with van der Waals surface area (Å²) in [6.07, 6.45) is 3.03. The van der Waals surface area contributed by atoms with E-state index < -0.39 is 47.3 Å². The van der Waals surface area contributed by atoms with Crippen LogP contribution in [0.25, 0.3) is 0 Å². The third-order valence-corrected chi connectivity index (χ3v) is 8.08. The first kappa shape index (κ1) is 35.6. The van der Waals surface area contributed by atoms with Crippen LogP contribution in [-0.4, -0.2) is 70.6 Å². The Morgan fingerprint density at radius 1 is 0.812 bits per heavy atom. The number of nitrogens with zero attached hydrogens (tertiary/aromatic N) is 1. The van der Waals surface area contributed by atoms with Crippen molar-refractivity contribution in [1.29, 1.82) is 0 Å². The fraction of sp³-hybridized carbons (Fsp3) is 0.389. The molecule has 254 valence electrons. The van der Waals surface area contributed by atoms with E-state index >= 15 is 0 Å². The molecule has 3 heterocycles. The summed E-state index contributed by atoms with van der Waals surface area (Å²) in [5.41, 5.74) is 1.37. The van der Waals surface area contributed by atoms with E-state index in [2.05, 4.69) is 26.3 Å². The molecule has 0 spiro atoms. The van der Waals surface area contributed by atoms with Crippen LogP contribution in [-0.2, 0) is 27.3 Å². The van der Waals surface area contributed by atoms with E-state index in [0.29, 0.717) is 37.9 Å². The summed E-state index contributed by atoms with van der Waals surface area (Å²) < 4.78 is 0. The molecule has 3 aromatic rings. The molecule has 2 bridgehead atoms. The van der Waals surface area contributed by atoms with Crippen molar-refractivity contribution < 1.29 is 24.0 Å². The van der Waals surface area contributed by atoms with Gasteiger partial charge in [0.25, 0.3) is 17.4 Å². The Hall–Kier alpha value is -5.26. The van der Waals surface area contributed by atoms with Crippen molar-refractivity contribution in [2.45, 2.75) is 71.1 Å². The first-order valence-corrected chi connectivity index (χ1v) is 16.3. The molecule has 48 heavy (non-hydrogen) atoms. The van der Waals surface area contributed by atoms with Crippen molar-refractivity contribution in [3.63, 3.8) is 0 Å². The number of hydrogen-bond acceptors (Lipinski definition) is 6. The smallest absolute Gasteiger partial charge is 0.260 e. The van der Waals surface area contributed by atoms with Crippen LogP contribution >= 0.6 is 0 Å². The van der Waals surface area contributed by atoms with Gasteiger partial charge >= 0.3 is 0 Å². The van der Waals surface area contributed by atoms with E-state index in [0.717, 1.165) is 11.1 Å². The van der Waals surface area contributed by atoms with Gasteiger partial charge in [-0.1, -0.05) is 56.3 Å². The van der Waals surface area contributed by atoms with Crippen molar-refractivity contribution >= 4 is 29.5 Å². The molecule has 0 radical (unpaired) electrons. The number of hydrogen-bond donors (Lipinski definition) is 5. The van der Waals surface area contributed by atoms with Crippen molar-refractivity contribution in [1.82, 2.24) is 31.2 Å². The normalized spacial score (nSPS) is 20.2. The quantitative estimate of drug-likeness (QED) is 0.264. The first-order valence-electron chi connectivity index (χ1n) is 16.3. The van der Waals surface area contributed by atoms with Crippen LogP contribution in [0.15, 0.2) is 77.7 Å². The lowest BCUT2D eigenvalue weighted by molar-refractivity contribution is -0.132. The van der Waals surface area contributed by atoms with E-state index in [-0.39, 0.29) is 30.4 Å². The highest BCUT2D eigenvalue weighted by Gasteiger charge is 2.29. The highest BCUT2D eigenvalue weighted by Crippen LogP contribution is 2.13. The standard InChI is InChI=1S/C36H44N6O6/c1-23(2)20-29-34(46)39-24(3)31(43)37-17-7-8-19-42(36(48)28-12-9-18-38-33(28)45)22-26-13-15-27(16-14-26)32(44)40-30(35(47)41-29)21-25-10-5-4-6-11-25/h4-6,9-16,18,23-24,29-30H,7-8,17,19-22H2,1-3H3,(H,37,43)(H,38,45)(H,39,46)(H,40,44)(H,41,47)/t24-,29+,30-/m1/s1. The molecule has 0 unspecified atom stereocenters. The minimum Gasteiger partial charge on any atom is -0.354 e. The Labute approximate surface area is 280 Å². The molecule has 5 rings (SSSR count). The molecule has 0 saturated carbocycles. The minimum atomic E-state index is -1.01. The number of fused-ring (bicyclic) bond motifs is 18. The first-order chi connectivity index (χ1) is 23.0. The van der Waals surface area contributed by atoms with E-state index in [1.165, 1.54) is 12.3 Å². The van der Waals surface area contributed by atoms with Crippen molar-refractivity contribution in [2.75, 3.05) is 13.1 Å². The maximum atomic E-state index is 13.7. The van der Waals surface area contributed by atoms with Gasteiger partial charge in [-0.2, -0.15) is 0 Å². The molecule has 2 aromatic carbocycles. The second kappa shape index (κ2) is 17.1. The zero-order valence-electron chi connectivity index (χ0n) is 27.6. The van der Waals surface area contributed by atoms with E-state index in [9.17, 15) is 28.8 Å². The number of pyridine rings is 1. The molecule has 0 fully saturated rings. The molecule has 3 atom stereocenters. The molecular weight excluding hydrogens is 612 g/mol. The Balaban J connectivity index is 1.63. The van der Waals surface area contributed by atoms with Crippen molar-refractivity contribution in [3.8, 4) is 0 Å². The third kappa shape index (κ3) is 10.1. The summed E-state index contributed by atoms with van der Waals surface area (Å²) in [4.78, 5) is 83.3. The van der Waals surface area contributed by atoms with Gasteiger partial charge in [-0.15, -0.1) is 0 Å². The van der Waals surface area contributed by atoms with Crippen molar-refractivity contribution in [3.05, 3.63) is 106 Å². The fourth-order valence-corrected chi connectivity index (χ4v) is 5.44. The summed E-state index contributed by atoms with van der Waals surface area (Å²) in [7, 11) is 0. The van der Waals surface area contributed by atoms with Gasteiger partial charge in [0.05, 0.1) is 0 Å². The van der Waals surface area contributed by atoms with Crippen LogP contribution in [0.5, 0.6) is 0 Å². The van der Waals surface area contributed by atoms with Gasteiger partial charge in [-0.25, -0.2) is 0 Å². The fourth-order valence-electron chi connectivity index (χ4n) is 5.44. The molecule has 5 N–H and O–H groups in total. The molecule has 1 aromatic heterocycles. The average Bonchev–Trinajstić information content (AvgIpc) is 3.06. The summed E-state index contributed by atoms with van der Waals surface area (Å²) in [5.74, 6) is -2.30. The van der Waals surface area contributed by atoms with Crippen molar-refractivity contribution in [2.24, 2.45) is 5.92 Å². The maximum Gasteiger partial charge on any atom is 0.260 e. The monoisotopic (exact) mass is 656 g/mol. The minimum absolute atomic E-state index is 0.00962. The van der Waals surface area contributed by atoms with E-state index in [4.69, 9.17) is 0 Å². The van der Waals surface area contributed by atoms with Gasteiger partial charge in [-0.05, 0) is 67.5 Å². The predicted octanol–water partition coefficient (Wildman–Crippen LogP) is 2.30. The van der Waals surface area contributed by atoms with Crippen LogP contribution in [0, 0.1) is 5.92 Å². The Morgan fingerprint density at radius 2 is 1.52 bits per heavy atom. The SMILES string of the molecule is CC(C)C[C@@H]1NC(=O)[C@@H](Cc2ccccc2)NC(=O)c2ccc(cc2)CN(C(=O)c2ccc[nH]c2=O)CCCCNC(=O)[C@@H](C)NC1=O. The topological polar surface area (TPSA) is 170 Å². The van der Waals surface area contributed by atoms with Gasteiger partial charge in [0.15, 0.2) is 0 Å². The number of aromatic nitrogens is 1. The zero-order valence-corrected chi connectivity index (χ0v) is 27.6. The average molecular weight is 657 g/mol. The summed E-state index contributed by atoms with van der Waals surface area (Å²) in [5, 5.41) is 11.2. The molecule has 5 amide bonds. The second-order valence-electron chi connectivity index (χ2n) is 12.5. The highest BCUT2D eigenvalue weighted by atomic mass is 16.2. The number of H-pyrrole nitrogens is 1. The Kier molecular flexibility index (Phi) is 12.6. The predicted molar refractivity (Wildman–Crippen MR) is 181 cm³/mol. The number of carbonyl (C=O) groups is 5. The van der Waals surface area contributed by atoms with Gasteiger partial charge in [0.1, 0.15) is 23.7 Å². The van der Waals surface area contributed by atoms with Crippen LogP contribution in [0.3, 0.4) is 0 Å². The number of nitrogens with one attached hydrogen (secondary N) is 5. The highest BCUT2D eigenvalue weighted by molar-refractivity contribution is 5.99. The van der Waals surface area contributed by atoms with Crippen LogP contribution in [0.2, 0.25) is 0 Å². The van der Waals surface area contributed by atoms with E-state index in [1.54, 1.807) is 42.2 Å². The molecule has 2 aliphatic heterocycles. The van der Waals surface area contributed by atoms with Crippen LogP contribution in [0.1, 0.15) is 71.9 Å². The largest absolute Gasteiger partial charge is 0.354 e. The van der Waals surface area contributed by atoms with E-state index in [1.807, 2.05) is 44.2 Å². The third-order valence-electron chi connectivity index (χ3n) is 8.08. The molecule has 2 aliphatic rings. The zero-order chi connectivity index (χ0) is 34.6. The Morgan fingerprint density at radius 3 is 2.21 bits per heavy atom. The summed E-state index contributed by atoms with van der Waals surface area (Å²) >= 11 is 0. The molecule has 0 aliphatic carbocycles. The number of rotatable bonds is 5. The van der Waals surface area contributed by atoms with Gasteiger partial charge in [0.2, 0.25) is 17.7 Å². The molecule has 12 heteroatoms. The Bertz CT molecular complexity index is 1640. The van der Waals surface area contributed by atoms with Gasteiger partial charge < -0.3 is 31.2 Å². The lowest BCUT2D eigenvalue weighted by Gasteiger charge is -2.25. The lowest BCUT2D eigenvalue weighted by atomic mass is 10.0. The number of benzene rings is 2. The lowest BCUT2D eigenvalue weighted by Crippen LogP contribution is -2.57. The second-order valence-corrected chi connectivity index (χ2v) is 12.5. The molecular formula is C36H44N6O6. The number of carbonyl (C=O) groups excluding carboxylic acids is 5. The number of aromatic amines is 1.